The number of benzene rings is 2. The Balaban J connectivity index is 1.74. The number of carbonyl (C=O) groups is 2. The number of para-hydroxylation sites is 2. The minimum atomic E-state index is -0.460. The molecule has 1 heterocycles. The van der Waals surface area contributed by atoms with E-state index in [0.29, 0.717) is 19.6 Å². The topological polar surface area (TPSA) is 67.3 Å². The SMILES string of the molecule is CCCCCN(CCCCC)C(=O)N1CCN(C(=O)N(c2ccccc2)c2ccccc2)[C@H](CO)C1. The number of carbonyl (C=O) groups excluding carboxylic acids is 2. The van der Waals surface area contributed by atoms with Crippen molar-refractivity contribution in [3.63, 3.8) is 0 Å². The maximum atomic E-state index is 13.9. The summed E-state index contributed by atoms with van der Waals surface area (Å²) in [5.74, 6) is 0. The van der Waals surface area contributed by atoms with Crippen LogP contribution >= 0.6 is 0 Å². The first-order chi connectivity index (χ1) is 17.6. The minimum Gasteiger partial charge on any atom is -0.394 e. The molecule has 0 aliphatic carbocycles. The Morgan fingerprint density at radius 2 is 1.33 bits per heavy atom. The van der Waals surface area contributed by atoms with Crippen LogP contribution in [-0.4, -0.2) is 77.2 Å². The number of hydrogen-bond donors (Lipinski definition) is 1. The summed E-state index contributed by atoms with van der Waals surface area (Å²) >= 11 is 0. The summed E-state index contributed by atoms with van der Waals surface area (Å²) in [5, 5.41) is 10.3. The zero-order valence-electron chi connectivity index (χ0n) is 21.9. The highest BCUT2D eigenvalue weighted by atomic mass is 16.3. The number of amides is 4. The van der Waals surface area contributed by atoms with E-state index in [0.717, 1.165) is 63.0 Å². The van der Waals surface area contributed by atoms with Crippen LogP contribution in [0.2, 0.25) is 0 Å². The highest BCUT2D eigenvalue weighted by Gasteiger charge is 2.36. The molecule has 0 unspecified atom stereocenters. The first-order valence-electron chi connectivity index (χ1n) is 13.5. The molecule has 196 valence electrons. The predicted octanol–water partition coefficient (Wildman–Crippen LogP) is 5.73. The zero-order chi connectivity index (χ0) is 25.8. The zero-order valence-corrected chi connectivity index (χ0v) is 21.9. The molecule has 0 radical (unpaired) electrons. The fraction of sp³-hybridized carbons (Fsp3) is 0.517. The number of anilines is 2. The summed E-state index contributed by atoms with van der Waals surface area (Å²) in [5.41, 5.74) is 1.53. The van der Waals surface area contributed by atoms with Crippen molar-refractivity contribution in [3.05, 3.63) is 60.7 Å². The van der Waals surface area contributed by atoms with Crippen LogP contribution in [0.15, 0.2) is 60.7 Å². The summed E-state index contributed by atoms with van der Waals surface area (Å²) < 4.78 is 0. The Hall–Kier alpha value is -3.06. The van der Waals surface area contributed by atoms with Gasteiger partial charge in [-0.2, -0.15) is 0 Å². The lowest BCUT2D eigenvalue weighted by molar-refractivity contribution is 0.0653. The van der Waals surface area contributed by atoms with Gasteiger partial charge in [0.2, 0.25) is 0 Å². The van der Waals surface area contributed by atoms with Crippen LogP contribution < -0.4 is 4.90 Å². The second-order valence-corrected chi connectivity index (χ2v) is 9.45. The fourth-order valence-corrected chi connectivity index (χ4v) is 4.70. The van der Waals surface area contributed by atoms with Crippen LogP contribution in [0.5, 0.6) is 0 Å². The molecule has 3 rings (SSSR count). The molecule has 0 saturated carbocycles. The molecule has 2 aromatic carbocycles. The number of hydrogen-bond acceptors (Lipinski definition) is 3. The maximum Gasteiger partial charge on any atom is 0.329 e. The summed E-state index contributed by atoms with van der Waals surface area (Å²) in [6.07, 6.45) is 6.44. The first-order valence-corrected chi connectivity index (χ1v) is 13.5. The van der Waals surface area contributed by atoms with Crippen LogP contribution in [0.25, 0.3) is 0 Å². The molecule has 1 saturated heterocycles. The third-order valence-corrected chi connectivity index (χ3v) is 6.76. The van der Waals surface area contributed by atoms with Crippen molar-refractivity contribution in [3.8, 4) is 0 Å². The molecule has 0 bridgehead atoms. The van der Waals surface area contributed by atoms with E-state index in [1.54, 1.807) is 9.80 Å². The van der Waals surface area contributed by atoms with Crippen molar-refractivity contribution >= 4 is 23.4 Å². The van der Waals surface area contributed by atoms with Gasteiger partial charge in [-0.15, -0.1) is 0 Å². The molecular weight excluding hydrogens is 452 g/mol. The van der Waals surface area contributed by atoms with E-state index < -0.39 is 6.04 Å². The summed E-state index contributed by atoms with van der Waals surface area (Å²) in [4.78, 5) is 34.5. The van der Waals surface area contributed by atoms with E-state index in [4.69, 9.17) is 0 Å². The number of unbranched alkanes of at least 4 members (excludes halogenated alkanes) is 4. The van der Waals surface area contributed by atoms with Gasteiger partial charge in [0.25, 0.3) is 0 Å². The van der Waals surface area contributed by atoms with Crippen molar-refractivity contribution in [1.82, 2.24) is 14.7 Å². The number of urea groups is 2. The van der Waals surface area contributed by atoms with Crippen LogP contribution in [-0.2, 0) is 0 Å². The van der Waals surface area contributed by atoms with Crippen molar-refractivity contribution < 1.29 is 14.7 Å². The van der Waals surface area contributed by atoms with Gasteiger partial charge in [0, 0.05) is 32.7 Å². The second kappa shape index (κ2) is 14.5. The standard InChI is InChI=1S/C29H42N4O3/c1-3-5-13-19-30(20-14-6-4-2)28(35)31-21-22-32(27(23-31)24-34)29(36)33(25-15-9-7-10-16-25)26-17-11-8-12-18-26/h7-12,15-18,27,34H,3-6,13-14,19-24H2,1-2H3/t27-/m0/s1. The molecule has 36 heavy (non-hydrogen) atoms. The summed E-state index contributed by atoms with van der Waals surface area (Å²) in [7, 11) is 0. The van der Waals surface area contributed by atoms with Gasteiger partial charge in [0.05, 0.1) is 24.0 Å². The Bertz CT molecular complexity index is 875. The lowest BCUT2D eigenvalue weighted by atomic mass is 10.1. The monoisotopic (exact) mass is 494 g/mol. The average molecular weight is 495 g/mol. The van der Waals surface area contributed by atoms with Gasteiger partial charge in [-0.25, -0.2) is 9.59 Å². The predicted molar refractivity (Wildman–Crippen MR) is 146 cm³/mol. The minimum absolute atomic E-state index is 0.0238. The highest BCUT2D eigenvalue weighted by molar-refractivity contribution is 5.99. The highest BCUT2D eigenvalue weighted by Crippen LogP contribution is 2.28. The molecule has 7 heteroatoms. The molecule has 2 aromatic rings. The van der Waals surface area contributed by atoms with Crippen molar-refractivity contribution in [1.29, 1.82) is 0 Å². The van der Waals surface area contributed by atoms with Gasteiger partial charge in [-0.3, -0.25) is 4.90 Å². The van der Waals surface area contributed by atoms with E-state index >= 15 is 0 Å². The van der Waals surface area contributed by atoms with Crippen LogP contribution in [0.3, 0.4) is 0 Å². The molecule has 0 spiro atoms. The van der Waals surface area contributed by atoms with Gasteiger partial charge in [0.1, 0.15) is 0 Å². The van der Waals surface area contributed by atoms with Crippen LogP contribution in [0, 0.1) is 0 Å². The van der Waals surface area contributed by atoms with E-state index in [2.05, 4.69) is 13.8 Å². The molecule has 1 aliphatic rings. The van der Waals surface area contributed by atoms with Crippen LogP contribution in [0.1, 0.15) is 52.4 Å². The maximum absolute atomic E-state index is 13.9. The van der Waals surface area contributed by atoms with Gasteiger partial charge in [0.15, 0.2) is 0 Å². The third kappa shape index (κ3) is 7.23. The van der Waals surface area contributed by atoms with E-state index in [1.807, 2.05) is 70.5 Å². The Labute approximate surface area is 216 Å². The fourth-order valence-electron chi connectivity index (χ4n) is 4.70. The van der Waals surface area contributed by atoms with E-state index in [-0.39, 0.29) is 18.7 Å². The summed E-state index contributed by atoms with van der Waals surface area (Å²) in [6, 6.07) is 18.5. The van der Waals surface area contributed by atoms with E-state index in [1.165, 1.54) is 0 Å². The van der Waals surface area contributed by atoms with Crippen molar-refractivity contribution in [2.24, 2.45) is 0 Å². The number of aliphatic hydroxyl groups is 1. The Morgan fingerprint density at radius 1 is 0.806 bits per heavy atom. The normalized spacial score (nSPS) is 15.6. The number of rotatable bonds is 11. The third-order valence-electron chi connectivity index (χ3n) is 6.76. The lowest BCUT2D eigenvalue weighted by Gasteiger charge is -2.43. The number of nitrogens with zero attached hydrogens (tertiary/aromatic N) is 4. The molecule has 1 atom stereocenters. The molecule has 7 nitrogen and oxygen atoms in total. The second-order valence-electron chi connectivity index (χ2n) is 9.45. The molecule has 1 fully saturated rings. The van der Waals surface area contributed by atoms with Crippen molar-refractivity contribution in [2.75, 3.05) is 44.2 Å². The smallest absolute Gasteiger partial charge is 0.329 e. The molecule has 1 N–H and O–H groups in total. The quantitative estimate of drug-likeness (QED) is 0.406. The Kier molecular flexibility index (Phi) is 11.1. The molecule has 4 amide bonds. The van der Waals surface area contributed by atoms with Gasteiger partial charge < -0.3 is 19.8 Å². The number of piperazine rings is 1. The molecular formula is C29H42N4O3. The first kappa shape index (κ1) is 27.5. The largest absolute Gasteiger partial charge is 0.394 e. The molecule has 0 aromatic heterocycles. The lowest BCUT2D eigenvalue weighted by Crippen LogP contribution is -2.61. The van der Waals surface area contributed by atoms with Crippen LogP contribution in [0.4, 0.5) is 21.0 Å². The van der Waals surface area contributed by atoms with Gasteiger partial charge >= 0.3 is 12.1 Å². The average Bonchev–Trinajstić information content (AvgIpc) is 2.93. The Morgan fingerprint density at radius 3 is 1.81 bits per heavy atom. The van der Waals surface area contributed by atoms with Gasteiger partial charge in [-0.05, 0) is 37.1 Å². The summed E-state index contributed by atoms with van der Waals surface area (Å²) in [6.45, 7) is 6.82. The number of aliphatic hydroxyl groups excluding tert-OH is 1. The van der Waals surface area contributed by atoms with Crippen molar-refractivity contribution in [2.45, 2.75) is 58.4 Å². The van der Waals surface area contributed by atoms with Gasteiger partial charge in [-0.1, -0.05) is 75.9 Å². The molecule has 1 aliphatic heterocycles. The van der Waals surface area contributed by atoms with E-state index in [9.17, 15) is 14.7 Å².